The molecular formula is C4H12NP. The Bertz CT molecular complexity index is 26.7. The van der Waals surface area contributed by atoms with Crippen molar-refractivity contribution in [3.05, 3.63) is 0 Å². The van der Waals surface area contributed by atoms with Gasteiger partial charge in [0, 0.05) is 6.29 Å². The van der Waals surface area contributed by atoms with E-state index in [0.717, 1.165) is 12.8 Å². The molecule has 0 saturated carbocycles. The number of rotatable bonds is 2. The Labute approximate surface area is 41.9 Å². The fourth-order valence-corrected chi connectivity index (χ4v) is 0.387. The zero-order chi connectivity index (χ0) is 4.99. The van der Waals surface area contributed by atoms with Gasteiger partial charge in [0.15, 0.2) is 0 Å². The zero-order valence-corrected chi connectivity index (χ0v) is 5.59. The Kier molecular flexibility index (Phi) is 3.81. The molecule has 0 bridgehead atoms. The van der Waals surface area contributed by atoms with Gasteiger partial charge in [0.2, 0.25) is 0 Å². The summed E-state index contributed by atoms with van der Waals surface area (Å²) in [6, 6.07) is 0. The van der Waals surface area contributed by atoms with E-state index in [-0.39, 0.29) is 0 Å². The third-order valence-electron chi connectivity index (χ3n) is 0.852. The SMILES string of the molecule is CCN(C)CP. The Balaban J connectivity index is 2.75. The maximum atomic E-state index is 2.66. The van der Waals surface area contributed by atoms with Crippen molar-refractivity contribution in [2.24, 2.45) is 0 Å². The summed E-state index contributed by atoms with van der Waals surface area (Å²) >= 11 is 0. The predicted molar refractivity (Wildman–Crippen MR) is 32.9 cm³/mol. The van der Waals surface area contributed by atoms with Crippen molar-refractivity contribution in [2.45, 2.75) is 6.92 Å². The van der Waals surface area contributed by atoms with E-state index in [1.807, 2.05) is 0 Å². The van der Waals surface area contributed by atoms with E-state index in [2.05, 4.69) is 28.1 Å². The van der Waals surface area contributed by atoms with E-state index in [1.54, 1.807) is 0 Å². The lowest BCUT2D eigenvalue weighted by Gasteiger charge is -2.07. The molecule has 1 atom stereocenters. The Morgan fingerprint density at radius 2 is 2.17 bits per heavy atom. The van der Waals surface area contributed by atoms with Gasteiger partial charge in [-0.1, -0.05) is 6.92 Å². The first-order valence-corrected chi connectivity index (χ1v) is 3.01. The molecule has 6 heavy (non-hydrogen) atoms. The van der Waals surface area contributed by atoms with Gasteiger partial charge >= 0.3 is 0 Å². The van der Waals surface area contributed by atoms with Crippen LogP contribution in [0.5, 0.6) is 0 Å². The number of hydrogen-bond acceptors (Lipinski definition) is 1. The monoisotopic (exact) mass is 105 g/mol. The van der Waals surface area contributed by atoms with E-state index in [0.29, 0.717) is 0 Å². The first kappa shape index (κ1) is 6.39. The van der Waals surface area contributed by atoms with Crippen LogP contribution in [0.4, 0.5) is 0 Å². The minimum Gasteiger partial charge on any atom is -0.303 e. The van der Waals surface area contributed by atoms with Gasteiger partial charge in [-0.2, -0.15) is 0 Å². The van der Waals surface area contributed by atoms with Crippen LogP contribution in [0.3, 0.4) is 0 Å². The lowest BCUT2D eigenvalue weighted by atomic mass is 10.7. The summed E-state index contributed by atoms with van der Waals surface area (Å²) in [6.07, 6.45) is 1.08. The van der Waals surface area contributed by atoms with Gasteiger partial charge in [0.1, 0.15) is 0 Å². The molecule has 1 nitrogen and oxygen atoms in total. The van der Waals surface area contributed by atoms with Gasteiger partial charge in [0.25, 0.3) is 0 Å². The van der Waals surface area contributed by atoms with Crippen LogP contribution in [0.25, 0.3) is 0 Å². The third kappa shape index (κ3) is 2.62. The van der Waals surface area contributed by atoms with E-state index in [1.165, 1.54) is 0 Å². The van der Waals surface area contributed by atoms with Crippen molar-refractivity contribution < 1.29 is 0 Å². The molecule has 0 aromatic heterocycles. The van der Waals surface area contributed by atoms with E-state index >= 15 is 0 Å². The summed E-state index contributed by atoms with van der Waals surface area (Å²) < 4.78 is 0. The van der Waals surface area contributed by atoms with E-state index in [4.69, 9.17) is 0 Å². The lowest BCUT2D eigenvalue weighted by Crippen LogP contribution is -2.13. The molecule has 0 spiro atoms. The average Bonchev–Trinajstić information content (AvgIpc) is 1.65. The van der Waals surface area contributed by atoms with Gasteiger partial charge in [-0.05, 0) is 13.6 Å². The quantitative estimate of drug-likeness (QED) is 0.469. The van der Waals surface area contributed by atoms with Crippen molar-refractivity contribution >= 4 is 9.24 Å². The fraction of sp³-hybridized carbons (Fsp3) is 1.00. The summed E-state index contributed by atoms with van der Waals surface area (Å²) in [5.74, 6) is 0. The van der Waals surface area contributed by atoms with Crippen LogP contribution in [0, 0.1) is 0 Å². The van der Waals surface area contributed by atoms with Crippen molar-refractivity contribution in [1.82, 2.24) is 4.90 Å². The van der Waals surface area contributed by atoms with Crippen LogP contribution in [0.2, 0.25) is 0 Å². The van der Waals surface area contributed by atoms with E-state index in [9.17, 15) is 0 Å². The smallest absolute Gasteiger partial charge is 0.0123 e. The van der Waals surface area contributed by atoms with Gasteiger partial charge in [0.05, 0.1) is 0 Å². The molecule has 0 rings (SSSR count). The molecule has 0 radical (unpaired) electrons. The molecule has 0 amide bonds. The molecule has 0 N–H and O–H groups in total. The molecule has 0 fully saturated rings. The number of nitrogens with zero attached hydrogens (tertiary/aromatic N) is 1. The minimum atomic E-state index is 1.08. The second-order valence-corrected chi connectivity index (χ2v) is 1.72. The highest BCUT2D eigenvalue weighted by Crippen LogP contribution is 1.84. The highest BCUT2D eigenvalue weighted by molar-refractivity contribution is 7.16. The first-order chi connectivity index (χ1) is 2.81. The van der Waals surface area contributed by atoms with Gasteiger partial charge < -0.3 is 4.90 Å². The standard InChI is InChI=1S/C4H12NP/c1-3-5(2)4-6/h3-4,6H2,1-2H3. The molecule has 0 aromatic rings. The largest absolute Gasteiger partial charge is 0.303 e. The summed E-state index contributed by atoms with van der Waals surface area (Å²) in [6.45, 7) is 3.29. The Morgan fingerprint density at radius 1 is 1.67 bits per heavy atom. The fourth-order valence-electron chi connectivity index (χ4n) is 0.129. The van der Waals surface area contributed by atoms with Gasteiger partial charge in [-0.25, -0.2) is 0 Å². The minimum absolute atomic E-state index is 1.08. The van der Waals surface area contributed by atoms with Crippen LogP contribution in [-0.4, -0.2) is 24.8 Å². The topological polar surface area (TPSA) is 3.24 Å². The third-order valence-corrected chi connectivity index (χ3v) is 1.47. The molecule has 0 aliphatic carbocycles. The second-order valence-electron chi connectivity index (χ2n) is 1.35. The molecule has 0 heterocycles. The highest BCUT2D eigenvalue weighted by Gasteiger charge is 1.81. The van der Waals surface area contributed by atoms with E-state index < -0.39 is 0 Å². The molecule has 0 aliphatic heterocycles. The molecule has 2 heteroatoms. The first-order valence-electron chi connectivity index (χ1n) is 2.20. The van der Waals surface area contributed by atoms with Crippen molar-refractivity contribution in [3.63, 3.8) is 0 Å². The Morgan fingerprint density at radius 3 is 2.17 bits per heavy atom. The van der Waals surface area contributed by atoms with Crippen molar-refractivity contribution in [3.8, 4) is 0 Å². The normalized spacial score (nSPS) is 10.0. The summed E-state index contributed by atoms with van der Waals surface area (Å²) in [5.41, 5.74) is 0. The molecular weight excluding hydrogens is 93.0 g/mol. The summed E-state index contributed by atoms with van der Waals surface area (Å²) in [4.78, 5) is 2.21. The second kappa shape index (κ2) is 3.58. The Hall–Kier alpha value is 0.390. The van der Waals surface area contributed by atoms with Crippen LogP contribution in [-0.2, 0) is 0 Å². The maximum absolute atomic E-state index is 2.66. The van der Waals surface area contributed by atoms with Crippen LogP contribution >= 0.6 is 9.24 Å². The molecule has 0 aromatic carbocycles. The lowest BCUT2D eigenvalue weighted by molar-refractivity contribution is 0.416. The van der Waals surface area contributed by atoms with Crippen LogP contribution in [0.1, 0.15) is 6.92 Å². The van der Waals surface area contributed by atoms with Gasteiger partial charge in [-0.3, -0.25) is 0 Å². The average molecular weight is 105 g/mol. The van der Waals surface area contributed by atoms with Crippen LogP contribution in [0.15, 0.2) is 0 Å². The molecule has 38 valence electrons. The molecule has 0 saturated heterocycles. The molecule has 0 aliphatic rings. The van der Waals surface area contributed by atoms with Gasteiger partial charge in [-0.15, -0.1) is 9.24 Å². The highest BCUT2D eigenvalue weighted by atomic mass is 31.0. The molecule has 1 unspecified atom stereocenters. The van der Waals surface area contributed by atoms with Crippen molar-refractivity contribution in [1.29, 1.82) is 0 Å². The van der Waals surface area contributed by atoms with Crippen molar-refractivity contribution in [2.75, 3.05) is 19.9 Å². The summed E-state index contributed by atoms with van der Waals surface area (Å²) in [5, 5.41) is 0. The summed E-state index contributed by atoms with van der Waals surface area (Å²) in [7, 11) is 4.76. The number of hydrogen-bond donors (Lipinski definition) is 0. The van der Waals surface area contributed by atoms with Crippen LogP contribution < -0.4 is 0 Å². The predicted octanol–water partition coefficient (Wildman–Crippen LogP) is 0.771. The zero-order valence-electron chi connectivity index (χ0n) is 4.44. The maximum Gasteiger partial charge on any atom is 0.0123 e.